The van der Waals surface area contributed by atoms with Crippen LogP contribution in [-0.2, 0) is 0 Å². The molecule has 3 aromatic rings. The zero-order valence-corrected chi connectivity index (χ0v) is 14.3. The molecule has 0 amide bonds. The number of pyridine rings is 2. The number of anilines is 1. The quantitative estimate of drug-likeness (QED) is 0.747. The number of benzene rings is 1. The van der Waals surface area contributed by atoms with Crippen molar-refractivity contribution in [1.82, 2.24) is 9.97 Å². The molecule has 0 saturated carbocycles. The lowest BCUT2D eigenvalue weighted by molar-refractivity contribution is 0.262. The van der Waals surface area contributed by atoms with Gasteiger partial charge in [0.2, 0.25) is 0 Å². The minimum Gasteiger partial charge on any atom is -0.492 e. The molecule has 130 valence electrons. The van der Waals surface area contributed by atoms with Gasteiger partial charge in [-0.1, -0.05) is 6.07 Å². The normalized spacial score (nSPS) is 12.2. The standard InChI is InChI=1S/C19H21FN4O/c1-24(2)19-8-4-14(11-22-19)18-6-3-13-9-16(5-7-17(13)23-18)25-12-15(21)10-20/h3-9,11,15H,10,12,21H2,1-2H3. The monoisotopic (exact) mass is 340 g/mol. The van der Waals surface area contributed by atoms with Crippen LogP contribution in [0.3, 0.4) is 0 Å². The van der Waals surface area contributed by atoms with Gasteiger partial charge in [-0.2, -0.15) is 0 Å². The highest BCUT2D eigenvalue weighted by Gasteiger charge is 2.06. The summed E-state index contributed by atoms with van der Waals surface area (Å²) in [5, 5.41) is 0.952. The number of hydrogen-bond donors (Lipinski definition) is 1. The number of rotatable bonds is 6. The fourth-order valence-electron chi connectivity index (χ4n) is 2.40. The third-order valence-electron chi connectivity index (χ3n) is 3.82. The van der Waals surface area contributed by atoms with Crippen molar-refractivity contribution in [2.75, 3.05) is 32.3 Å². The second-order valence-electron chi connectivity index (χ2n) is 6.08. The molecule has 0 bridgehead atoms. The molecule has 0 spiro atoms. The Hall–Kier alpha value is -2.73. The van der Waals surface area contributed by atoms with Crippen LogP contribution >= 0.6 is 0 Å². The van der Waals surface area contributed by atoms with Gasteiger partial charge in [0.05, 0.1) is 17.3 Å². The van der Waals surface area contributed by atoms with Crippen LogP contribution in [-0.4, -0.2) is 43.4 Å². The molecule has 0 saturated heterocycles. The van der Waals surface area contributed by atoms with E-state index in [4.69, 9.17) is 10.5 Å². The first kappa shape index (κ1) is 17.1. The highest BCUT2D eigenvalue weighted by molar-refractivity contribution is 5.82. The zero-order chi connectivity index (χ0) is 17.8. The predicted molar refractivity (Wildman–Crippen MR) is 98.7 cm³/mol. The van der Waals surface area contributed by atoms with Crippen LogP contribution < -0.4 is 15.4 Å². The second-order valence-corrected chi connectivity index (χ2v) is 6.08. The summed E-state index contributed by atoms with van der Waals surface area (Å²) in [6.45, 7) is -0.448. The van der Waals surface area contributed by atoms with Crippen LogP contribution in [0.5, 0.6) is 5.75 Å². The summed E-state index contributed by atoms with van der Waals surface area (Å²) in [7, 11) is 3.91. The summed E-state index contributed by atoms with van der Waals surface area (Å²) < 4.78 is 17.9. The molecule has 6 heteroatoms. The minimum absolute atomic E-state index is 0.150. The maximum absolute atomic E-state index is 12.4. The highest BCUT2D eigenvalue weighted by atomic mass is 19.1. The summed E-state index contributed by atoms with van der Waals surface area (Å²) in [6, 6.07) is 12.9. The number of nitrogens with two attached hydrogens (primary N) is 1. The smallest absolute Gasteiger partial charge is 0.127 e. The molecule has 2 aromatic heterocycles. The summed E-state index contributed by atoms with van der Waals surface area (Å²) in [5.41, 5.74) is 8.20. The van der Waals surface area contributed by atoms with Crippen LogP contribution in [0.1, 0.15) is 0 Å². The van der Waals surface area contributed by atoms with Crippen molar-refractivity contribution >= 4 is 16.7 Å². The van der Waals surface area contributed by atoms with E-state index >= 15 is 0 Å². The molecule has 1 atom stereocenters. The lowest BCUT2D eigenvalue weighted by Crippen LogP contribution is -2.29. The van der Waals surface area contributed by atoms with Crippen molar-refractivity contribution in [1.29, 1.82) is 0 Å². The van der Waals surface area contributed by atoms with Crippen LogP contribution in [0.25, 0.3) is 22.2 Å². The Balaban J connectivity index is 1.82. The highest BCUT2D eigenvalue weighted by Crippen LogP contribution is 2.24. The number of halogens is 1. The maximum Gasteiger partial charge on any atom is 0.127 e. The Morgan fingerprint density at radius 2 is 2.00 bits per heavy atom. The molecule has 0 aliphatic heterocycles. The average Bonchev–Trinajstić information content (AvgIpc) is 2.65. The third kappa shape index (κ3) is 4.03. The number of fused-ring (bicyclic) bond motifs is 1. The molecule has 3 rings (SSSR count). The van der Waals surface area contributed by atoms with Crippen molar-refractivity contribution in [2.45, 2.75) is 6.04 Å². The molecule has 5 nitrogen and oxygen atoms in total. The molecule has 0 radical (unpaired) electrons. The van der Waals surface area contributed by atoms with E-state index < -0.39 is 12.7 Å². The molecule has 1 aromatic carbocycles. The zero-order valence-electron chi connectivity index (χ0n) is 14.3. The van der Waals surface area contributed by atoms with Gasteiger partial charge in [0.25, 0.3) is 0 Å². The lowest BCUT2D eigenvalue weighted by atomic mass is 10.1. The van der Waals surface area contributed by atoms with Crippen molar-refractivity contribution in [2.24, 2.45) is 5.73 Å². The summed E-state index contributed by atoms with van der Waals surface area (Å²) in [4.78, 5) is 11.1. The number of alkyl halides is 1. The topological polar surface area (TPSA) is 64.3 Å². The Morgan fingerprint density at radius 1 is 1.16 bits per heavy atom. The van der Waals surface area contributed by atoms with E-state index in [9.17, 15) is 4.39 Å². The predicted octanol–water partition coefficient (Wildman–Crippen LogP) is 3.04. The third-order valence-corrected chi connectivity index (χ3v) is 3.82. The minimum atomic E-state index is -0.603. The molecule has 1 unspecified atom stereocenters. The van der Waals surface area contributed by atoms with Gasteiger partial charge >= 0.3 is 0 Å². The first-order valence-corrected chi connectivity index (χ1v) is 8.06. The lowest BCUT2D eigenvalue weighted by Gasteiger charge is -2.12. The average molecular weight is 340 g/mol. The Labute approximate surface area is 146 Å². The molecule has 2 heterocycles. The van der Waals surface area contributed by atoms with Gasteiger partial charge in [0.15, 0.2) is 0 Å². The molecule has 0 fully saturated rings. The van der Waals surface area contributed by atoms with Gasteiger partial charge in [0, 0.05) is 31.2 Å². The van der Waals surface area contributed by atoms with Gasteiger partial charge < -0.3 is 15.4 Å². The van der Waals surface area contributed by atoms with E-state index in [1.54, 1.807) is 0 Å². The SMILES string of the molecule is CN(C)c1ccc(-c2ccc3cc(OCC(N)CF)ccc3n2)cn1. The van der Waals surface area contributed by atoms with E-state index in [2.05, 4.69) is 9.97 Å². The fourth-order valence-corrected chi connectivity index (χ4v) is 2.40. The molecular weight excluding hydrogens is 319 g/mol. The van der Waals surface area contributed by atoms with Crippen LogP contribution in [0.2, 0.25) is 0 Å². The van der Waals surface area contributed by atoms with Crippen molar-refractivity contribution in [3.8, 4) is 17.0 Å². The number of nitrogens with zero attached hydrogens (tertiary/aromatic N) is 3. The molecule has 0 aliphatic rings. The van der Waals surface area contributed by atoms with Crippen molar-refractivity contribution < 1.29 is 9.13 Å². The Bertz CT molecular complexity index is 852. The number of hydrogen-bond acceptors (Lipinski definition) is 5. The Morgan fingerprint density at radius 3 is 2.68 bits per heavy atom. The van der Waals surface area contributed by atoms with E-state index in [0.717, 1.165) is 28.0 Å². The van der Waals surface area contributed by atoms with Gasteiger partial charge in [-0.3, -0.25) is 0 Å². The van der Waals surface area contributed by atoms with Gasteiger partial charge in [0.1, 0.15) is 24.8 Å². The van der Waals surface area contributed by atoms with E-state index in [-0.39, 0.29) is 6.61 Å². The first-order valence-electron chi connectivity index (χ1n) is 8.06. The summed E-state index contributed by atoms with van der Waals surface area (Å²) in [6.07, 6.45) is 1.82. The first-order chi connectivity index (χ1) is 12.1. The molecular formula is C19H21FN4O. The van der Waals surface area contributed by atoms with Crippen LogP contribution in [0, 0.1) is 0 Å². The van der Waals surface area contributed by atoms with Crippen LogP contribution in [0.15, 0.2) is 48.7 Å². The van der Waals surface area contributed by atoms with Crippen molar-refractivity contribution in [3.05, 3.63) is 48.7 Å². The number of ether oxygens (including phenoxy) is 1. The Kier molecular flexibility index (Phi) is 5.09. The van der Waals surface area contributed by atoms with Gasteiger partial charge in [-0.15, -0.1) is 0 Å². The van der Waals surface area contributed by atoms with Gasteiger partial charge in [-0.05, 0) is 36.4 Å². The fraction of sp³-hybridized carbons (Fsp3) is 0.263. The van der Waals surface area contributed by atoms with E-state index in [1.165, 1.54) is 0 Å². The summed E-state index contributed by atoms with van der Waals surface area (Å²) >= 11 is 0. The van der Waals surface area contributed by atoms with E-state index in [1.807, 2.05) is 67.7 Å². The van der Waals surface area contributed by atoms with Crippen molar-refractivity contribution in [3.63, 3.8) is 0 Å². The van der Waals surface area contributed by atoms with Gasteiger partial charge in [-0.25, -0.2) is 14.4 Å². The molecule has 0 aliphatic carbocycles. The van der Waals surface area contributed by atoms with Crippen LogP contribution in [0.4, 0.5) is 10.2 Å². The molecule has 2 N–H and O–H groups in total. The summed E-state index contributed by atoms with van der Waals surface area (Å²) in [5.74, 6) is 1.56. The molecule has 25 heavy (non-hydrogen) atoms. The van der Waals surface area contributed by atoms with E-state index in [0.29, 0.717) is 5.75 Å². The second kappa shape index (κ2) is 7.44. The maximum atomic E-state index is 12.4. The largest absolute Gasteiger partial charge is 0.492 e. The number of aromatic nitrogens is 2.